The van der Waals surface area contributed by atoms with Crippen molar-refractivity contribution >= 4 is 27.3 Å². The number of benzene rings is 2. The first-order chi connectivity index (χ1) is 9.06. The van der Waals surface area contributed by atoms with Gasteiger partial charge in [0.05, 0.1) is 4.47 Å². The molecular formula is C15H16BrFN2. The third-order valence-corrected chi connectivity index (χ3v) is 3.51. The third kappa shape index (κ3) is 3.70. The van der Waals surface area contributed by atoms with Crippen LogP contribution in [0.1, 0.15) is 5.56 Å². The lowest BCUT2D eigenvalue weighted by molar-refractivity contribution is 0.621. The molecule has 0 saturated heterocycles. The van der Waals surface area contributed by atoms with Gasteiger partial charge in [-0.1, -0.05) is 12.1 Å². The maximum absolute atomic E-state index is 13.4. The Bertz CT molecular complexity index is 553. The molecule has 2 nitrogen and oxygen atoms in total. The van der Waals surface area contributed by atoms with Crippen LogP contribution in [-0.4, -0.2) is 14.1 Å². The van der Waals surface area contributed by atoms with Crippen molar-refractivity contribution in [3.8, 4) is 0 Å². The van der Waals surface area contributed by atoms with Crippen molar-refractivity contribution in [3.05, 3.63) is 58.3 Å². The molecule has 0 aliphatic heterocycles. The average molecular weight is 323 g/mol. The van der Waals surface area contributed by atoms with E-state index in [1.165, 1.54) is 11.8 Å². The summed E-state index contributed by atoms with van der Waals surface area (Å²) in [6.07, 6.45) is 0. The fraction of sp³-hybridized carbons (Fsp3) is 0.200. The molecule has 0 bridgehead atoms. The summed E-state index contributed by atoms with van der Waals surface area (Å²) in [7, 11) is 4.02. The highest BCUT2D eigenvalue weighted by molar-refractivity contribution is 9.10. The molecule has 1 N–H and O–H groups in total. The zero-order chi connectivity index (χ0) is 13.8. The molecule has 0 saturated carbocycles. The van der Waals surface area contributed by atoms with Gasteiger partial charge in [-0.3, -0.25) is 0 Å². The summed E-state index contributed by atoms with van der Waals surface area (Å²) in [4.78, 5) is 2.06. The number of anilines is 2. The molecule has 19 heavy (non-hydrogen) atoms. The van der Waals surface area contributed by atoms with Crippen molar-refractivity contribution < 1.29 is 4.39 Å². The molecule has 0 aliphatic carbocycles. The monoisotopic (exact) mass is 322 g/mol. The number of halogens is 2. The van der Waals surface area contributed by atoms with Gasteiger partial charge in [-0.15, -0.1) is 0 Å². The Morgan fingerprint density at radius 2 is 1.79 bits per heavy atom. The highest BCUT2D eigenvalue weighted by atomic mass is 79.9. The Hall–Kier alpha value is -1.55. The van der Waals surface area contributed by atoms with Crippen molar-refractivity contribution in [2.45, 2.75) is 6.54 Å². The lowest BCUT2D eigenvalue weighted by atomic mass is 10.2. The summed E-state index contributed by atoms with van der Waals surface area (Å²) in [5.74, 6) is -0.257. The van der Waals surface area contributed by atoms with Crippen molar-refractivity contribution in [2.75, 3.05) is 24.3 Å². The highest BCUT2D eigenvalue weighted by Crippen LogP contribution is 2.20. The van der Waals surface area contributed by atoms with Gasteiger partial charge in [0.1, 0.15) is 5.82 Å². The molecule has 0 unspecified atom stereocenters. The molecule has 0 aliphatic rings. The van der Waals surface area contributed by atoms with E-state index in [0.29, 0.717) is 11.0 Å². The van der Waals surface area contributed by atoms with Crippen molar-refractivity contribution in [1.82, 2.24) is 0 Å². The van der Waals surface area contributed by atoms with Crippen LogP contribution in [-0.2, 0) is 6.54 Å². The van der Waals surface area contributed by atoms with Gasteiger partial charge in [-0.2, -0.15) is 0 Å². The summed E-state index contributed by atoms with van der Waals surface area (Å²) in [6, 6.07) is 13.3. The van der Waals surface area contributed by atoms with Gasteiger partial charge in [0.15, 0.2) is 0 Å². The van der Waals surface area contributed by atoms with Gasteiger partial charge < -0.3 is 10.2 Å². The molecule has 2 aromatic carbocycles. The minimum Gasteiger partial charge on any atom is -0.381 e. The Balaban J connectivity index is 2.00. The molecular weight excluding hydrogens is 307 g/mol. The van der Waals surface area contributed by atoms with Gasteiger partial charge in [0, 0.05) is 32.0 Å². The van der Waals surface area contributed by atoms with Crippen LogP contribution < -0.4 is 10.2 Å². The summed E-state index contributed by atoms with van der Waals surface area (Å²) in [5, 5.41) is 3.20. The first kappa shape index (κ1) is 13.9. The molecule has 0 fully saturated rings. The van der Waals surface area contributed by atoms with E-state index in [2.05, 4.69) is 50.4 Å². The molecule has 0 spiro atoms. The standard InChI is InChI=1S/C15H16BrFN2/c1-19(2)13-6-3-11(4-7-13)10-18-12-5-8-14(16)15(17)9-12/h3-9,18H,10H2,1-2H3. The van der Waals surface area contributed by atoms with Gasteiger partial charge in [-0.25, -0.2) is 4.39 Å². The van der Waals surface area contributed by atoms with Gasteiger partial charge >= 0.3 is 0 Å². The van der Waals surface area contributed by atoms with Crippen LogP contribution in [0.4, 0.5) is 15.8 Å². The molecule has 0 aromatic heterocycles. The van der Waals surface area contributed by atoms with E-state index < -0.39 is 0 Å². The van der Waals surface area contributed by atoms with Gasteiger partial charge in [0.2, 0.25) is 0 Å². The smallest absolute Gasteiger partial charge is 0.139 e. The van der Waals surface area contributed by atoms with Crippen molar-refractivity contribution in [3.63, 3.8) is 0 Å². The summed E-state index contributed by atoms with van der Waals surface area (Å²) < 4.78 is 13.8. The van der Waals surface area contributed by atoms with Crippen molar-refractivity contribution in [1.29, 1.82) is 0 Å². The van der Waals surface area contributed by atoms with E-state index in [9.17, 15) is 4.39 Å². The number of hydrogen-bond donors (Lipinski definition) is 1. The van der Waals surface area contributed by atoms with Crippen LogP contribution in [0.2, 0.25) is 0 Å². The highest BCUT2D eigenvalue weighted by Gasteiger charge is 2.01. The Morgan fingerprint density at radius 1 is 1.11 bits per heavy atom. The van der Waals surface area contributed by atoms with E-state index in [1.54, 1.807) is 6.07 Å². The Kier molecular flexibility index (Phi) is 4.43. The molecule has 0 heterocycles. The molecule has 2 rings (SSSR count). The second-order valence-electron chi connectivity index (χ2n) is 4.54. The predicted octanol–water partition coefficient (Wildman–Crippen LogP) is 4.27. The maximum atomic E-state index is 13.4. The van der Waals surface area contributed by atoms with E-state index in [1.807, 2.05) is 20.2 Å². The lowest BCUT2D eigenvalue weighted by Gasteiger charge is -2.13. The van der Waals surface area contributed by atoms with Crippen LogP contribution in [0.5, 0.6) is 0 Å². The van der Waals surface area contributed by atoms with E-state index in [0.717, 1.165) is 11.3 Å². The fourth-order valence-electron chi connectivity index (χ4n) is 1.72. The lowest BCUT2D eigenvalue weighted by Crippen LogP contribution is -2.08. The van der Waals surface area contributed by atoms with Crippen LogP contribution in [0.3, 0.4) is 0 Å². The quantitative estimate of drug-likeness (QED) is 0.904. The third-order valence-electron chi connectivity index (χ3n) is 2.87. The molecule has 100 valence electrons. The minimum atomic E-state index is -0.257. The molecule has 2 aromatic rings. The summed E-state index contributed by atoms with van der Waals surface area (Å²) >= 11 is 3.14. The number of rotatable bonds is 4. The molecule has 4 heteroatoms. The Labute approximate surface area is 121 Å². The topological polar surface area (TPSA) is 15.3 Å². The number of hydrogen-bond acceptors (Lipinski definition) is 2. The van der Waals surface area contributed by atoms with E-state index in [4.69, 9.17) is 0 Å². The molecule has 0 amide bonds. The van der Waals surface area contributed by atoms with Crippen LogP contribution in [0, 0.1) is 5.82 Å². The van der Waals surface area contributed by atoms with Crippen LogP contribution >= 0.6 is 15.9 Å². The largest absolute Gasteiger partial charge is 0.381 e. The normalized spacial score (nSPS) is 10.3. The molecule has 0 radical (unpaired) electrons. The van der Waals surface area contributed by atoms with Gasteiger partial charge in [-0.05, 0) is 51.8 Å². The predicted molar refractivity (Wildman–Crippen MR) is 82.2 cm³/mol. The van der Waals surface area contributed by atoms with E-state index in [-0.39, 0.29) is 5.82 Å². The van der Waals surface area contributed by atoms with Gasteiger partial charge in [0.25, 0.3) is 0 Å². The second kappa shape index (κ2) is 6.06. The second-order valence-corrected chi connectivity index (χ2v) is 5.40. The number of nitrogens with zero attached hydrogens (tertiary/aromatic N) is 1. The van der Waals surface area contributed by atoms with E-state index >= 15 is 0 Å². The Morgan fingerprint density at radius 3 is 2.37 bits per heavy atom. The summed E-state index contributed by atoms with van der Waals surface area (Å²) in [5.41, 5.74) is 3.10. The number of nitrogens with one attached hydrogen (secondary N) is 1. The van der Waals surface area contributed by atoms with Crippen LogP contribution in [0.25, 0.3) is 0 Å². The van der Waals surface area contributed by atoms with Crippen molar-refractivity contribution in [2.24, 2.45) is 0 Å². The van der Waals surface area contributed by atoms with Crippen LogP contribution in [0.15, 0.2) is 46.9 Å². The first-order valence-corrected chi connectivity index (χ1v) is 6.81. The fourth-order valence-corrected chi connectivity index (χ4v) is 1.97. The maximum Gasteiger partial charge on any atom is 0.139 e. The molecule has 0 atom stereocenters. The zero-order valence-corrected chi connectivity index (χ0v) is 12.5. The SMILES string of the molecule is CN(C)c1ccc(CNc2ccc(Br)c(F)c2)cc1. The average Bonchev–Trinajstić information content (AvgIpc) is 2.40. The minimum absolute atomic E-state index is 0.257. The summed E-state index contributed by atoms with van der Waals surface area (Å²) in [6.45, 7) is 0.675. The first-order valence-electron chi connectivity index (χ1n) is 6.01. The zero-order valence-electron chi connectivity index (χ0n) is 11.0.